The molecule has 0 radical (unpaired) electrons. The average Bonchev–Trinajstić information content (AvgIpc) is 2.55. The molecule has 0 unspecified atom stereocenters. The average molecular weight is 318 g/mol. The molecule has 0 atom stereocenters. The molecule has 0 fully saturated rings. The first-order valence-corrected chi connectivity index (χ1v) is 6.09. The molecular weight excluding hydrogens is 310 g/mol. The van der Waals surface area contributed by atoms with Crippen molar-refractivity contribution < 1.29 is 10.0 Å². The molecule has 0 spiro atoms. The lowest BCUT2D eigenvalue weighted by Crippen LogP contribution is -2.28. The summed E-state index contributed by atoms with van der Waals surface area (Å²) < 4.78 is 2.32. The van der Waals surface area contributed by atoms with Crippen LogP contribution in [0, 0.1) is 10.5 Å². The van der Waals surface area contributed by atoms with E-state index in [0.29, 0.717) is 5.46 Å². The summed E-state index contributed by atoms with van der Waals surface area (Å²) in [5, 5.41) is 21.0. The van der Waals surface area contributed by atoms with Crippen molar-refractivity contribution in [1.82, 2.24) is 0 Å². The van der Waals surface area contributed by atoms with Crippen molar-refractivity contribution in [1.29, 1.82) is 0 Å². The summed E-state index contributed by atoms with van der Waals surface area (Å²) in [5.74, 6) is 0. The van der Waals surface area contributed by atoms with Gasteiger partial charge in [0.15, 0.2) is 0 Å². The van der Waals surface area contributed by atoms with Crippen LogP contribution in [0.4, 0.5) is 0 Å². The van der Waals surface area contributed by atoms with E-state index < -0.39 is 7.12 Å². The lowest BCUT2D eigenvalue weighted by Gasteiger charge is -2.00. The number of hydrogen-bond donors (Lipinski definition) is 2. The summed E-state index contributed by atoms with van der Waals surface area (Å²) in [7, 11) is -1.37. The van der Waals surface area contributed by atoms with Gasteiger partial charge in [-0.05, 0) is 45.8 Å². The van der Waals surface area contributed by atoms with E-state index in [4.69, 9.17) is 10.0 Å². The maximum atomic E-state index is 9.13. The van der Waals surface area contributed by atoms with Gasteiger partial charge in [0.2, 0.25) is 0 Å². The number of hydrogen-bond acceptors (Lipinski definition) is 3. The van der Waals surface area contributed by atoms with E-state index >= 15 is 0 Å². The van der Waals surface area contributed by atoms with Gasteiger partial charge in [-0.1, -0.05) is 12.1 Å². The maximum Gasteiger partial charge on any atom is 0.489 e. The molecule has 0 saturated heterocycles. The highest BCUT2D eigenvalue weighted by Gasteiger charge is 2.17. The maximum absolute atomic E-state index is 9.13. The van der Waals surface area contributed by atoms with E-state index in [1.54, 1.807) is 16.7 Å². The van der Waals surface area contributed by atoms with Gasteiger partial charge in [-0.25, -0.2) is 0 Å². The van der Waals surface area contributed by atoms with Crippen molar-refractivity contribution in [3.05, 3.63) is 26.6 Å². The SMILES string of the molecule is Cc1ccc2c(B(O)O)csc2c1I. The summed E-state index contributed by atoms with van der Waals surface area (Å²) >= 11 is 3.84. The molecule has 2 nitrogen and oxygen atoms in total. The molecule has 0 aliphatic carbocycles. The molecule has 1 aromatic carbocycles. The van der Waals surface area contributed by atoms with Crippen molar-refractivity contribution >= 4 is 56.6 Å². The van der Waals surface area contributed by atoms with Gasteiger partial charge >= 0.3 is 7.12 Å². The van der Waals surface area contributed by atoms with Crippen molar-refractivity contribution in [2.24, 2.45) is 0 Å². The van der Waals surface area contributed by atoms with Crippen molar-refractivity contribution in [2.45, 2.75) is 6.92 Å². The lowest BCUT2D eigenvalue weighted by atomic mass is 9.80. The Kier molecular flexibility index (Phi) is 2.83. The molecule has 5 heteroatoms. The molecule has 2 N–H and O–H groups in total. The summed E-state index contributed by atoms with van der Waals surface area (Å²) in [6, 6.07) is 3.95. The van der Waals surface area contributed by atoms with Gasteiger partial charge in [0.1, 0.15) is 0 Å². The molecule has 0 aliphatic heterocycles. The Labute approximate surface area is 99.9 Å². The molecule has 0 amide bonds. The zero-order valence-electron chi connectivity index (χ0n) is 7.49. The Bertz CT molecular complexity index is 481. The van der Waals surface area contributed by atoms with E-state index in [2.05, 4.69) is 29.5 Å². The normalized spacial score (nSPS) is 10.9. The van der Waals surface area contributed by atoms with Crippen LogP contribution in [0.3, 0.4) is 0 Å². The highest BCUT2D eigenvalue weighted by Crippen LogP contribution is 2.27. The van der Waals surface area contributed by atoms with Crippen LogP contribution in [0.2, 0.25) is 0 Å². The summed E-state index contributed by atoms with van der Waals surface area (Å²) in [6.45, 7) is 2.05. The van der Waals surface area contributed by atoms with Gasteiger partial charge < -0.3 is 10.0 Å². The fourth-order valence-electron chi connectivity index (χ4n) is 1.38. The first kappa shape index (κ1) is 10.4. The Hall–Kier alpha value is -0.105. The minimum absolute atomic E-state index is 0.600. The topological polar surface area (TPSA) is 40.5 Å². The molecule has 2 rings (SSSR count). The molecule has 72 valence electrons. The van der Waals surface area contributed by atoms with E-state index in [-0.39, 0.29) is 0 Å². The first-order chi connectivity index (χ1) is 6.61. The first-order valence-electron chi connectivity index (χ1n) is 4.13. The quantitative estimate of drug-likeness (QED) is 0.618. The second-order valence-corrected chi connectivity index (χ2v) is 5.10. The van der Waals surface area contributed by atoms with Gasteiger partial charge in [-0.3, -0.25) is 0 Å². The third kappa shape index (κ3) is 1.58. The second-order valence-electron chi connectivity index (χ2n) is 3.14. The third-order valence-electron chi connectivity index (χ3n) is 2.18. The van der Waals surface area contributed by atoms with E-state index in [0.717, 1.165) is 10.1 Å². The predicted octanol–water partition coefficient (Wildman–Crippen LogP) is 1.49. The molecule has 1 aromatic heterocycles. The molecule has 1 heterocycles. The molecular formula is C9H8BIO2S. The van der Waals surface area contributed by atoms with Crippen LogP contribution in [0.15, 0.2) is 17.5 Å². The third-order valence-corrected chi connectivity index (χ3v) is 4.97. The van der Waals surface area contributed by atoms with Crippen molar-refractivity contribution in [2.75, 3.05) is 0 Å². The minimum Gasteiger partial charge on any atom is -0.423 e. The standard InChI is InChI=1S/C9H8BIO2S/c1-5-2-3-6-7(10(12)13)4-14-9(6)8(5)11/h2-4,12-13H,1H3. The zero-order valence-corrected chi connectivity index (χ0v) is 10.5. The van der Waals surface area contributed by atoms with Gasteiger partial charge in [0.05, 0.1) is 0 Å². The van der Waals surface area contributed by atoms with Crippen LogP contribution in [0.5, 0.6) is 0 Å². The summed E-state index contributed by atoms with van der Waals surface area (Å²) in [6.07, 6.45) is 0. The number of rotatable bonds is 1. The van der Waals surface area contributed by atoms with Gasteiger partial charge in [0.25, 0.3) is 0 Å². The van der Waals surface area contributed by atoms with Gasteiger partial charge in [-0.15, -0.1) is 11.3 Å². The molecule has 0 bridgehead atoms. The number of halogens is 1. The van der Waals surface area contributed by atoms with Gasteiger partial charge in [-0.2, -0.15) is 0 Å². The highest BCUT2D eigenvalue weighted by atomic mass is 127. The molecule has 2 aromatic rings. The smallest absolute Gasteiger partial charge is 0.423 e. The zero-order chi connectivity index (χ0) is 10.3. The molecule has 14 heavy (non-hydrogen) atoms. The Morgan fingerprint density at radius 1 is 1.36 bits per heavy atom. The van der Waals surface area contributed by atoms with E-state index in [1.807, 2.05) is 12.1 Å². The Morgan fingerprint density at radius 3 is 2.71 bits per heavy atom. The van der Waals surface area contributed by atoms with E-state index in [1.165, 1.54) is 9.13 Å². The number of aryl methyl sites for hydroxylation is 1. The number of fused-ring (bicyclic) bond motifs is 1. The number of benzene rings is 1. The van der Waals surface area contributed by atoms with E-state index in [9.17, 15) is 0 Å². The monoisotopic (exact) mass is 318 g/mol. The second kappa shape index (κ2) is 3.81. The number of thiophene rings is 1. The van der Waals surface area contributed by atoms with Gasteiger partial charge in [0, 0.05) is 13.7 Å². The summed E-state index contributed by atoms with van der Waals surface area (Å²) in [5.41, 5.74) is 1.82. The molecule has 0 aliphatic rings. The fourth-order valence-corrected chi connectivity index (χ4v) is 3.31. The van der Waals surface area contributed by atoms with Crippen LogP contribution in [-0.2, 0) is 0 Å². The van der Waals surface area contributed by atoms with Crippen molar-refractivity contribution in [3.8, 4) is 0 Å². The summed E-state index contributed by atoms with van der Waals surface area (Å²) in [4.78, 5) is 0. The van der Waals surface area contributed by atoms with Crippen molar-refractivity contribution in [3.63, 3.8) is 0 Å². The fraction of sp³-hybridized carbons (Fsp3) is 0.111. The van der Waals surface area contributed by atoms with Crippen LogP contribution < -0.4 is 5.46 Å². The largest absolute Gasteiger partial charge is 0.489 e. The molecule has 0 saturated carbocycles. The van der Waals surface area contributed by atoms with Crippen LogP contribution >= 0.6 is 33.9 Å². The Morgan fingerprint density at radius 2 is 2.07 bits per heavy atom. The predicted molar refractivity (Wildman–Crippen MR) is 69.1 cm³/mol. The Balaban J connectivity index is 2.77. The highest BCUT2D eigenvalue weighted by molar-refractivity contribution is 14.1. The van der Waals surface area contributed by atoms with Crippen LogP contribution in [-0.4, -0.2) is 17.2 Å². The minimum atomic E-state index is -1.37. The van der Waals surface area contributed by atoms with Crippen LogP contribution in [0.1, 0.15) is 5.56 Å². The van der Waals surface area contributed by atoms with Crippen LogP contribution in [0.25, 0.3) is 10.1 Å². The lowest BCUT2D eigenvalue weighted by molar-refractivity contribution is 0.426.